The minimum atomic E-state index is -0.204. The number of hydrogen-bond acceptors (Lipinski definition) is 2. The van der Waals surface area contributed by atoms with E-state index >= 15 is 0 Å². The lowest BCUT2D eigenvalue weighted by Crippen LogP contribution is -2.18. The van der Waals surface area contributed by atoms with Crippen molar-refractivity contribution in [2.45, 2.75) is 6.42 Å². The highest BCUT2D eigenvalue weighted by molar-refractivity contribution is 6.20. The molecule has 0 saturated heterocycles. The zero-order valence-corrected chi connectivity index (χ0v) is 10.3. The van der Waals surface area contributed by atoms with Gasteiger partial charge in [-0.25, -0.2) is 0 Å². The first-order chi connectivity index (χ1) is 9.22. The third-order valence-electron chi connectivity index (χ3n) is 3.47. The second kappa shape index (κ2) is 4.32. The van der Waals surface area contributed by atoms with Crippen LogP contribution in [0.2, 0.25) is 0 Å². The molecule has 0 fully saturated rings. The molecule has 0 atom stereocenters. The highest BCUT2D eigenvalue weighted by atomic mass is 16.1. The van der Waals surface area contributed by atoms with Crippen molar-refractivity contribution in [2.24, 2.45) is 0 Å². The van der Waals surface area contributed by atoms with Crippen LogP contribution >= 0.6 is 0 Å². The van der Waals surface area contributed by atoms with Crippen molar-refractivity contribution in [1.82, 2.24) is 0 Å². The van der Waals surface area contributed by atoms with E-state index in [9.17, 15) is 9.59 Å². The first kappa shape index (κ1) is 11.6. The van der Waals surface area contributed by atoms with Crippen molar-refractivity contribution >= 4 is 11.6 Å². The second-order valence-corrected chi connectivity index (χ2v) is 4.57. The molecule has 19 heavy (non-hydrogen) atoms. The van der Waals surface area contributed by atoms with Crippen molar-refractivity contribution in [1.29, 1.82) is 0 Å². The quantitative estimate of drug-likeness (QED) is 0.515. The minimum absolute atomic E-state index is 0.0670. The lowest BCUT2D eigenvalue weighted by molar-refractivity contribution is 0.100. The van der Waals surface area contributed by atoms with E-state index in [1.54, 1.807) is 6.07 Å². The second-order valence-electron chi connectivity index (χ2n) is 4.57. The molecular formula is C17H12O2. The van der Waals surface area contributed by atoms with Gasteiger partial charge in [-0.1, -0.05) is 49.0 Å². The molecule has 0 N–H and O–H groups in total. The molecule has 2 aromatic carbocycles. The van der Waals surface area contributed by atoms with Crippen molar-refractivity contribution in [3.8, 4) is 0 Å². The molecule has 0 saturated carbocycles. The number of rotatable bonds is 2. The van der Waals surface area contributed by atoms with Crippen LogP contribution in [0, 0.1) is 0 Å². The molecular weight excluding hydrogens is 236 g/mol. The van der Waals surface area contributed by atoms with Gasteiger partial charge >= 0.3 is 0 Å². The fraction of sp³-hybridized carbons (Fsp3) is 0.0588. The molecule has 2 nitrogen and oxygen atoms in total. The van der Waals surface area contributed by atoms with Gasteiger partial charge in [0, 0.05) is 16.7 Å². The summed E-state index contributed by atoms with van der Waals surface area (Å²) in [5, 5.41) is 0. The lowest BCUT2D eigenvalue weighted by atomic mass is 9.82. The van der Waals surface area contributed by atoms with E-state index in [1.165, 1.54) is 6.08 Å². The molecule has 0 unspecified atom stereocenters. The van der Waals surface area contributed by atoms with E-state index < -0.39 is 0 Å². The van der Waals surface area contributed by atoms with Gasteiger partial charge in [0.15, 0.2) is 11.6 Å². The van der Waals surface area contributed by atoms with Gasteiger partial charge < -0.3 is 0 Å². The maximum absolute atomic E-state index is 12.6. The molecule has 2 aromatic rings. The first-order valence-electron chi connectivity index (χ1n) is 6.13. The Hall–Kier alpha value is -2.48. The minimum Gasteiger partial charge on any atom is -0.289 e. The molecule has 0 heterocycles. The fourth-order valence-electron chi connectivity index (χ4n) is 2.57. The number of hydrogen-bond donors (Lipinski definition) is 0. The normalized spacial score (nSPS) is 12.5. The van der Waals surface area contributed by atoms with Crippen LogP contribution in [0.5, 0.6) is 0 Å². The smallest absolute Gasteiger partial charge is 0.194 e. The summed E-state index contributed by atoms with van der Waals surface area (Å²) in [5.74, 6) is -0.271. The zero-order chi connectivity index (χ0) is 13.4. The fourth-order valence-corrected chi connectivity index (χ4v) is 2.57. The topological polar surface area (TPSA) is 34.1 Å². The van der Waals surface area contributed by atoms with E-state index in [-0.39, 0.29) is 11.6 Å². The molecule has 0 spiro atoms. The average molecular weight is 248 g/mol. The van der Waals surface area contributed by atoms with Gasteiger partial charge in [-0.3, -0.25) is 9.59 Å². The summed E-state index contributed by atoms with van der Waals surface area (Å²) >= 11 is 0. The number of fused-ring (bicyclic) bond motifs is 2. The van der Waals surface area contributed by atoms with Crippen LogP contribution in [0.4, 0.5) is 0 Å². The molecule has 0 bridgehead atoms. The highest BCUT2D eigenvalue weighted by Crippen LogP contribution is 2.29. The number of benzene rings is 2. The molecule has 92 valence electrons. The standard InChI is InChI=1S/C17H12O2/c1-2-15(18)14-9-5-7-12-10-11-6-3-4-8-13(11)17(19)16(12)14/h2-9H,1,10H2. The molecule has 0 aliphatic heterocycles. The van der Waals surface area contributed by atoms with Crippen LogP contribution < -0.4 is 0 Å². The Balaban J connectivity index is 2.24. The average Bonchev–Trinajstić information content (AvgIpc) is 2.46. The van der Waals surface area contributed by atoms with Crippen molar-refractivity contribution in [3.05, 3.63) is 82.9 Å². The monoisotopic (exact) mass is 248 g/mol. The Morgan fingerprint density at radius 1 is 1.05 bits per heavy atom. The Morgan fingerprint density at radius 2 is 1.79 bits per heavy atom. The summed E-state index contributed by atoms with van der Waals surface area (Å²) in [6.07, 6.45) is 1.94. The van der Waals surface area contributed by atoms with Crippen LogP contribution in [0.25, 0.3) is 0 Å². The highest BCUT2D eigenvalue weighted by Gasteiger charge is 2.26. The van der Waals surface area contributed by atoms with Crippen LogP contribution in [0.15, 0.2) is 55.1 Å². The maximum atomic E-state index is 12.6. The van der Waals surface area contributed by atoms with Crippen molar-refractivity contribution < 1.29 is 9.59 Å². The molecule has 1 aliphatic carbocycles. The van der Waals surface area contributed by atoms with Gasteiger partial charge in [0.25, 0.3) is 0 Å². The first-order valence-corrected chi connectivity index (χ1v) is 6.13. The molecule has 3 rings (SSSR count). The third kappa shape index (κ3) is 1.73. The molecule has 1 aliphatic rings. The summed E-state index contributed by atoms with van der Waals surface area (Å²) in [5.41, 5.74) is 3.61. The van der Waals surface area contributed by atoms with Gasteiger partial charge in [-0.05, 0) is 23.6 Å². The van der Waals surface area contributed by atoms with Gasteiger partial charge in [-0.2, -0.15) is 0 Å². The van der Waals surface area contributed by atoms with E-state index in [4.69, 9.17) is 0 Å². The molecule has 0 radical (unpaired) electrons. The number of ketones is 2. The van der Waals surface area contributed by atoms with Crippen molar-refractivity contribution in [2.75, 3.05) is 0 Å². The summed E-state index contributed by atoms with van der Waals surface area (Å²) in [6.45, 7) is 3.49. The van der Waals surface area contributed by atoms with Gasteiger partial charge in [0.1, 0.15) is 0 Å². The number of carbonyl (C=O) groups excluding carboxylic acids is 2. The van der Waals surface area contributed by atoms with Crippen LogP contribution in [-0.4, -0.2) is 11.6 Å². The van der Waals surface area contributed by atoms with Gasteiger partial charge in [0.2, 0.25) is 0 Å². The Morgan fingerprint density at radius 3 is 2.58 bits per heavy atom. The van der Waals surface area contributed by atoms with Crippen LogP contribution in [-0.2, 0) is 6.42 Å². The zero-order valence-electron chi connectivity index (χ0n) is 10.3. The summed E-state index contributed by atoms with van der Waals surface area (Å²) in [4.78, 5) is 24.4. The van der Waals surface area contributed by atoms with Gasteiger partial charge in [0.05, 0.1) is 0 Å². The van der Waals surface area contributed by atoms with Crippen LogP contribution in [0.3, 0.4) is 0 Å². The third-order valence-corrected chi connectivity index (χ3v) is 3.47. The van der Waals surface area contributed by atoms with E-state index in [2.05, 4.69) is 6.58 Å². The maximum Gasteiger partial charge on any atom is 0.194 e. The summed E-state index contributed by atoms with van der Waals surface area (Å²) in [7, 11) is 0. The lowest BCUT2D eigenvalue weighted by Gasteiger charge is -2.20. The van der Waals surface area contributed by atoms with Crippen LogP contribution in [0.1, 0.15) is 37.4 Å². The predicted octanol–water partition coefficient (Wildman–Crippen LogP) is 3.19. The van der Waals surface area contributed by atoms with E-state index in [0.29, 0.717) is 23.1 Å². The Kier molecular flexibility index (Phi) is 2.64. The molecule has 0 aromatic heterocycles. The number of carbonyl (C=O) groups is 2. The molecule has 0 amide bonds. The van der Waals surface area contributed by atoms with E-state index in [0.717, 1.165) is 11.1 Å². The summed E-state index contributed by atoms with van der Waals surface area (Å²) < 4.78 is 0. The molecule has 2 heteroatoms. The van der Waals surface area contributed by atoms with E-state index in [1.807, 2.05) is 36.4 Å². The largest absolute Gasteiger partial charge is 0.289 e. The van der Waals surface area contributed by atoms with Gasteiger partial charge in [-0.15, -0.1) is 0 Å². The Labute approximate surface area is 111 Å². The number of allylic oxidation sites excluding steroid dienone is 1. The summed E-state index contributed by atoms with van der Waals surface area (Å²) in [6, 6.07) is 13.0. The Bertz CT molecular complexity index is 711. The predicted molar refractivity (Wildman–Crippen MR) is 73.7 cm³/mol. The van der Waals surface area contributed by atoms with Crippen molar-refractivity contribution in [3.63, 3.8) is 0 Å². The SMILES string of the molecule is C=CC(=O)c1cccc2c1C(=O)c1ccccc1C2.